The van der Waals surface area contributed by atoms with Crippen molar-refractivity contribution in [1.29, 1.82) is 0 Å². The summed E-state index contributed by atoms with van der Waals surface area (Å²) in [5.41, 5.74) is 2.35. The molecule has 4 heterocycles. The van der Waals surface area contributed by atoms with E-state index in [0.717, 1.165) is 101 Å². The fraction of sp³-hybridized carbons (Fsp3) is 0.750. The quantitative estimate of drug-likeness (QED) is 0.531. The minimum Gasteiger partial charge on any atom is -0.393 e. The zero-order chi connectivity index (χ0) is 25.1. The van der Waals surface area contributed by atoms with Gasteiger partial charge in [0.2, 0.25) is 11.9 Å². The molecular weight excluding hydrogens is 452 g/mol. The van der Waals surface area contributed by atoms with Crippen LogP contribution in [-0.4, -0.2) is 68.8 Å². The topological polar surface area (TPSA) is 95.3 Å². The third-order valence-electron chi connectivity index (χ3n) is 8.69. The largest absolute Gasteiger partial charge is 0.393 e. The molecule has 0 spiro atoms. The van der Waals surface area contributed by atoms with Crippen molar-refractivity contribution in [2.45, 2.75) is 102 Å². The van der Waals surface area contributed by atoms with Crippen LogP contribution in [0.15, 0.2) is 12.4 Å². The number of carbonyl (C=O) groups excluding carboxylic acids is 1. The second-order valence-electron chi connectivity index (χ2n) is 11.3. The highest BCUT2D eigenvalue weighted by Gasteiger charge is 2.32. The molecular formula is C28H44N6O2. The van der Waals surface area contributed by atoms with Crippen LogP contribution in [0.25, 0.3) is 11.0 Å². The predicted octanol–water partition coefficient (Wildman–Crippen LogP) is 4.21. The molecule has 2 aliphatic heterocycles. The molecule has 1 saturated carbocycles. The van der Waals surface area contributed by atoms with E-state index in [1.165, 1.54) is 5.56 Å². The number of nitrogens with zero attached hydrogens (tertiary/aromatic N) is 4. The Labute approximate surface area is 215 Å². The first-order valence-electron chi connectivity index (χ1n) is 14.3. The van der Waals surface area contributed by atoms with Crippen LogP contribution in [0.2, 0.25) is 0 Å². The van der Waals surface area contributed by atoms with E-state index >= 15 is 0 Å². The highest BCUT2D eigenvalue weighted by Crippen LogP contribution is 2.38. The average molecular weight is 497 g/mol. The number of hydrogen-bond donors (Lipinski definition) is 3. The maximum atomic E-state index is 13.1. The maximum absolute atomic E-state index is 13.1. The molecule has 3 N–H and O–H groups in total. The van der Waals surface area contributed by atoms with Crippen molar-refractivity contribution in [1.82, 2.24) is 24.8 Å². The minimum absolute atomic E-state index is 0.175. The first-order chi connectivity index (χ1) is 17.5. The van der Waals surface area contributed by atoms with E-state index in [1.54, 1.807) is 0 Å². The van der Waals surface area contributed by atoms with E-state index < -0.39 is 0 Å². The van der Waals surface area contributed by atoms with Crippen molar-refractivity contribution >= 4 is 22.9 Å². The van der Waals surface area contributed by atoms with Crippen molar-refractivity contribution in [2.75, 3.05) is 31.5 Å². The highest BCUT2D eigenvalue weighted by molar-refractivity contribution is 5.82. The predicted molar refractivity (Wildman–Crippen MR) is 143 cm³/mol. The van der Waals surface area contributed by atoms with Gasteiger partial charge in [0.1, 0.15) is 5.65 Å². The molecule has 3 aliphatic rings. The van der Waals surface area contributed by atoms with E-state index in [-0.39, 0.29) is 12.0 Å². The molecule has 1 amide bonds. The van der Waals surface area contributed by atoms with E-state index in [4.69, 9.17) is 9.97 Å². The summed E-state index contributed by atoms with van der Waals surface area (Å²) in [6.45, 7) is 7.97. The molecule has 2 aromatic heterocycles. The van der Waals surface area contributed by atoms with Crippen LogP contribution in [0.5, 0.6) is 0 Å². The summed E-state index contributed by atoms with van der Waals surface area (Å²) in [7, 11) is 0. The Kier molecular flexibility index (Phi) is 8.11. The normalized spacial score (nSPS) is 25.2. The fourth-order valence-corrected chi connectivity index (χ4v) is 6.53. The highest BCUT2D eigenvalue weighted by atomic mass is 16.3. The first-order valence-corrected chi connectivity index (χ1v) is 14.3. The molecule has 3 fully saturated rings. The summed E-state index contributed by atoms with van der Waals surface area (Å²) < 4.78 is 2.38. The number of hydrogen-bond acceptors (Lipinski definition) is 6. The SMILES string of the molecule is CCCC(C)Nc1ncc2c(C3CCN(C(=O)C4CCNCC4)CC3)cn(C3CCC(O)CC3)c2n1. The van der Waals surface area contributed by atoms with Crippen LogP contribution in [-0.2, 0) is 4.79 Å². The van der Waals surface area contributed by atoms with Crippen molar-refractivity contribution in [3.63, 3.8) is 0 Å². The van der Waals surface area contributed by atoms with Gasteiger partial charge in [0.05, 0.1) is 6.10 Å². The van der Waals surface area contributed by atoms with Crippen molar-refractivity contribution in [3.8, 4) is 0 Å². The summed E-state index contributed by atoms with van der Waals surface area (Å²) in [5.74, 6) is 1.67. The van der Waals surface area contributed by atoms with Gasteiger partial charge >= 0.3 is 0 Å². The Hall–Kier alpha value is -2.19. The number of carbonyl (C=O) groups is 1. The molecule has 0 radical (unpaired) electrons. The maximum Gasteiger partial charge on any atom is 0.225 e. The lowest BCUT2D eigenvalue weighted by Gasteiger charge is -2.35. The van der Waals surface area contributed by atoms with Crippen molar-refractivity contribution in [3.05, 3.63) is 18.0 Å². The van der Waals surface area contributed by atoms with Gasteiger partial charge in [0, 0.05) is 48.9 Å². The second kappa shape index (κ2) is 11.5. The van der Waals surface area contributed by atoms with Gasteiger partial charge in [0.15, 0.2) is 0 Å². The molecule has 0 aromatic carbocycles. The number of amides is 1. The molecule has 1 atom stereocenters. The minimum atomic E-state index is -0.175. The van der Waals surface area contributed by atoms with Crippen molar-refractivity contribution < 1.29 is 9.90 Å². The smallest absolute Gasteiger partial charge is 0.225 e. The summed E-state index contributed by atoms with van der Waals surface area (Å²) in [6.07, 6.45) is 13.9. The Morgan fingerprint density at radius 3 is 2.56 bits per heavy atom. The van der Waals surface area contributed by atoms with Gasteiger partial charge in [-0.05, 0) is 89.3 Å². The summed E-state index contributed by atoms with van der Waals surface area (Å²) in [6, 6.07) is 0.698. The Morgan fingerprint density at radius 2 is 1.86 bits per heavy atom. The average Bonchev–Trinajstić information content (AvgIpc) is 3.28. The van der Waals surface area contributed by atoms with E-state index in [0.29, 0.717) is 29.9 Å². The third-order valence-corrected chi connectivity index (χ3v) is 8.69. The number of piperidine rings is 2. The number of anilines is 1. The summed E-state index contributed by atoms with van der Waals surface area (Å²) in [4.78, 5) is 24.9. The van der Waals surface area contributed by atoms with Crippen molar-refractivity contribution in [2.24, 2.45) is 5.92 Å². The number of aliphatic hydroxyl groups excluding tert-OH is 1. The number of nitrogens with one attached hydrogen (secondary N) is 2. The molecule has 5 rings (SSSR count). The standard InChI is InChI=1S/C28H44N6O2/c1-3-4-19(2)31-28-30-17-24-25(18-34(26(24)32-28)22-5-7-23(35)8-6-22)20-11-15-33(16-12-20)27(36)21-9-13-29-14-10-21/h17-23,29,35H,3-16H2,1-2H3,(H,30,31,32). The lowest BCUT2D eigenvalue weighted by atomic mass is 9.88. The number of aliphatic hydroxyl groups is 1. The van der Waals surface area contributed by atoms with Crippen LogP contribution in [0.1, 0.15) is 95.6 Å². The summed E-state index contributed by atoms with van der Waals surface area (Å²) in [5, 5.41) is 18.1. The number of fused-ring (bicyclic) bond motifs is 1. The molecule has 1 unspecified atom stereocenters. The zero-order valence-corrected chi connectivity index (χ0v) is 22.1. The van der Waals surface area contributed by atoms with E-state index in [2.05, 4.69) is 40.1 Å². The molecule has 8 nitrogen and oxygen atoms in total. The second-order valence-corrected chi connectivity index (χ2v) is 11.3. The van der Waals surface area contributed by atoms with Crippen LogP contribution >= 0.6 is 0 Å². The van der Waals surface area contributed by atoms with Crippen LogP contribution in [0.3, 0.4) is 0 Å². The fourth-order valence-electron chi connectivity index (χ4n) is 6.53. The molecule has 1 aliphatic carbocycles. The van der Waals surface area contributed by atoms with Gasteiger partial charge in [-0.25, -0.2) is 4.98 Å². The number of aromatic nitrogens is 3. The zero-order valence-electron chi connectivity index (χ0n) is 22.1. The molecule has 36 heavy (non-hydrogen) atoms. The Balaban J connectivity index is 1.36. The number of rotatable bonds is 7. The summed E-state index contributed by atoms with van der Waals surface area (Å²) >= 11 is 0. The molecule has 2 saturated heterocycles. The van der Waals surface area contributed by atoms with Crippen LogP contribution in [0.4, 0.5) is 5.95 Å². The third kappa shape index (κ3) is 5.54. The van der Waals surface area contributed by atoms with Crippen LogP contribution in [0, 0.1) is 5.92 Å². The van der Waals surface area contributed by atoms with Gasteiger partial charge in [-0.2, -0.15) is 4.98 Å². The number of likely N-dealkylation sites (tertiary alicyclic amines) is 1. The van der Waals surface area contributed by atoms with Gasteiger partial charge in [0.25, 0.3) is 0 Å². The Morgan fingerprint density at radius 1 is 1.14 bits per heavy atom. The van der Waals surface area contributed by atoms with E-state index in [9.17, 15) is 9.90 Å². The lowest BCUT2D eigenvalue weighted by Crippen LogP contribution is -2.44. The molecule has 198 valence electrons. The molecule has 8 heteroatoms. The molecule has 2 aromatic rings. The monoisotopic (exact) mass is 496 g/mol. The van der Waals surface area contributed by atoms with Gasteiger partial charge < -0.3 is 25.2 Å². The van der Waals surface area contributed by atoms with E-state index in [1.807, 2.05) is 6.20 Å². The lowest BCUT2D eigenvalue weighted by molar-refractivity contribution is -0.137. The first kappa shape index (κ1) is 25.5. The van der Waals surface area contributed by atoms with Gasteiger partial charge in [-0.3, -0.25) is 4.79 Å². The van der Waals surface area contributed by atoms with Gasteiger partial charge in [-0.15, -0.1) is 0 Å². The Bertz CT molecular complexity index is 1020. The van der Waals surface area contributed by atoms with Gasteiger partial charge in [-0.1, -0.05) is 13.3 Å². The van der Waals surface area contributed by atoms with Crippen LogP contribution < -0.4 is 10.6 Å². The molecule has 0 bridgehead atoms.